The zero-order chi connectivity index (χ0) is 107. The average molecular weight is 2130 g/mol. The number of nitrogens with two attached hydrogens (primary N) is 1. The summed E-state index contributed by atoms with van der Waals surface area (Å²) in [5.74, 6) is -39.2. The van der Waals surface area contributed by atoms with Crippen LogP contribution < -0.4 is 5.73 Å². The first kappa shape index (κ1) is 108. The summed E-state index contributed by atoms with van der Waals surface area (Å²) in [6.45, 7) is 17.8. The van der Waals surface area contributed by atoms with Crippen molar-refractivity contribution in [1.29, 1.82) is 0 Å². The maximum atomic E-state index is 18.2. The number of ether oxygens (including phenoxy) is 1. The highest BCUT2D eigenvalue weighted by Gasteiger charge is 2.86. The van der Waals surface area contributed by atoms with E-state index in [2.05, 4.69) is 56.7 Å². The van der Waals surface area contributed by atoms with Gasteiger partial charge in [-0.25, -0.2) is 97.5 Å². The van der Waals surface area contributed by atoms with E-state index in [1.54, 1.807) is 33.9 Å². The molecule has 8 bridgehead atoms. The van der Waals surface area contributed by atoms with Crippen LogP contribution in [-0.4, -0.2) is 169 Å². The highest BCUT2D eigenvalue weighted by atomic mass is 28.4. The molecule has 0 saturated carbocycles. The lowest BCUT2D eigenvalue weighted by atomic mass is 9.78. The second-order valence-corrected chi connectivity index (χ2v) is 43.6. The van der Waals surface area contributed by atoms with Crippen molar-refractivity contribution >= 4 is 77.8 Å². The number of hydrogen-bond acceptors (Lipinski definition) is 13. The number of nitrogens with one attached hydrogen (secondary N) is 2. The van der Waals surface area contributed by atoms with Crippen molar-refractivity contribution in [3.63, 3.8) is 0 Å². The van der Waals surface area contributed by atoms with Crippen LogP contribution in [0.2, 0.25) is 36.3 Å². The summed E-state index contributed by atoms with van der Waals surface area (Å²) in [6, 6.07) is 0.860. The molecular formula is C74H45F48N13O3Si2. The summed E-state index contributed by atoms with van der Waals surface area (Å²) in [5.41, 5.74) is -107. The van der Waals surface area contributed by atoms with Crippen molar-refractivity contribution in [2.45, 2.75) is 211 Å². The number of aromatic amines is 2. The SMILES string of the molecule is CC(C)(C)[Si](C)(C)OC[C@H]1O[C@@H](n2c(C#Cc3ccc4c5nc6nc(nc7[nH]c(nc8nc(nc([nH]5)c4c3)-c3c(F)c(C(F)(C(F)(F)F)C(F)(F)F)c(C(F)(C(F)(F)F)C(F)(F)F)c(F)c3-8)c3c(F)c(C(F)(C(F)(F)F)C(F)(F)F)c(C(F)(C(F)(F)F)C(F)(F)F)c(F)c73)-c3c(F)c(C(F)(C(F)(F)F)C(F)(F)F)c(C(F)(C(F)(F)F)C(F)(F)F)c(F)c3-6)nc3c(N)ncnc32)C[C@@H]1O[Si](C)(C)C(C)(C)C. The lowest BCUT2D eigenvalue weighted by Crippen LogP contribution is -2.56. The lowest BCUT2D eigenvalue weighted by Gasteiger charge is -2.40. The van der Waals surface area contributed by atoms with E-state index in [0.29, 0.717) is 11.1 Å². The molecule has 3 atom stereocenters. The average Bonchev–Trinajstić information content (AvgIpc) is 1.24. The Morgan fingerprint density at radius 1 is 0.379 bits per heavy atom. The van der Waals surface area contributed by atoms with Crippen molar-refractivity contribution in [1.82, 2.24) is 59.4 Å². The predicted octanol–water partition coefficient (Wildman–Crippen LogP) is 26.3. The molecule has 0 aliphatic carbocycles. The number of nitrogen functional groups attached to an aromatic ring is 1. The van der Waals surface area contributed by atoms with Gasteiger partial charge in [-0.05, 0) is 60.4 Å². The topological polar surface area (TPSA) is 206 Å². The van der Waals surface area contributed by atoms with Crippen molar-refractivity contribution in [2.24, 2.45) is 0 Å². The Labute approximate surface area is 744 Å². The molecule has 1 fully saturated rings. The van der Waals surface area contributed by atoms with Crippen LogP contribution in [0.5, 0.6) is 0 Å². The molecule has 1 saturated heterocycles. The first-order chi connectivity index (χ1) is 62.5. The Bertz CT molecular complexity index is 6730. The first-order valence-corrected chi connectivity index (χ1v) is 43.4. The lowest BCUT2D eigenvalue weighted by molar-refractivity contribution is -0.361. The highest BCUT2D eigenvalue weighted by molar-refractivity contribution is 6.74. The number of H-pyrrole nitrogens is 2. The number of imidazole rings is 1. The Morgan fingerprint density at radius 3 is 0.979 bits per heavy atom. The minimum absolute atomic E-state index is 0.207. The number of halogens is 48. The minimum atomic E-state index is -8.91. The molecule has 0 spiro atoms. The number of fused-ring (bicyclic) bond motifs is 21. The first-order valence-electron chi connectivity index (χ1n) is 37.6. The van der Waals surface area contributed by atoms with Crippen molar-refractivity contribution in [3.8, 4) is 57.4 Å². The molecule has 4 N–H and O–H groups in total. The van der Waals surface area contributed by atoms with Crippen LogP contribution in [-0.2, 0) is 47.6 Å². The van der Waals surface area contributed by atoms with Crippen molar-refractivity contribution in [2.75, 3.05) is 12.3 Å². The summed E-state index contributed by atoms with van der Waals surface area (Å²) in [6.07, 6.45) is -108. The van der Waals surface area contributed by atoms with E-state index in [1.165, 1.54) is 4.98 Å². The van der Waals surface area contributed by atoms with E-state index in [-0.39, 0.29) is 30.8 Å². The molecular weight excluding hydrogens is 2090 g/mol. The molecule has 9 aromatic rings. The van der Waals surface area contributed by atoms with Gasteiger partial charge in [0.2, 0.25) is 0 Å². The van der Waals surface area contributed by atoms with Crippen LogP contribution >= 0.6 is 0 Å². The second-order valence-electron chi connectivity index (χ2n) is 34.0. The molecule has 0 unspecified atom stereocenters. The third-order valence-electron chi connectivity index (χ3n) is 23.5. The van der Waals surface area contributed by atoms with E-state index in [0.717, 1.165) is 10.9 Å². The summed E-state index contributed by atoms with van der Waals surface area (Å²) < 4.78 is 776. The third kappa shape index (κ3) is 15.8. The van der Waals surface area contributed by atoms with Gasteiger partial charge < -0.3 is 29.3 Å². The summed E-state index contributed by atoms with van der Waals surface area (Å²) in [5, 5.41) is -12.2. The quantitative estimate of drug-likeness (QED) is 0.0592. The van der Waals surface area contributed by atoms with E-state index in [1.807, 2.05) is 33.9 Å². The van der Waals surface area contributed by atoms with Crippen LogP contribution in [0.3, 0.4) is 0 Å². The molecule has 3 aliphatic rings. The maximum Gasteiger partial charge on any atom is 0.436 e. The number of aromatic nitrogens is 12. The second kappa shape index (κ2) is 32.1. The van der Waals surface area contributed by atoms with Crippen molar-refractivity contribution < 1.29 is 224 Å². The minimum Gasteiger partial charge on any atom is -0.414 e. The number of hydrogen-bond donors (Lipinski definition) is 3. The van der Waals surface area contributed by atoms with Crippen LogP contribution in [0, 0.1) is 46.7 Å². The highest BCUT2D eigenvalue weighted by Crippen LogP contribution is 2.69. The molecule has 66 heteroatoms. The Morgan fingerprint density at radius 2 is 0.671 bits per heavy atom. The molecule has 8 heterocycles. The third-order valence-corrected chi connectivity index (χ3v) is 32.5. The van der Waals surface area contributed by atoms with Gasteiger partial charge in [-0.3, -0.25) is 4.57 Å². The van der Waals surface area contributed by atoms with Gasteiger partial charge in [0.25, 0.3) is 0 Å². The summed E-state index contributed by atoms with van der Waals surface area (Å²) in [4.78, 5) is 31.1. The smallest absolute Gasteiger partial charge is 0.414 e. The summed E-state index contributed by atoms with van der Waals surface area (Å²) in [7, 11) is -5.74. The largest absolute Gasteiger partial charge is 0.436 e. The van der Waals surface area contributed by atoms with Gasteiger partial charge in [-0.1, -0.05) is 47.5 Å². The number of benzene rings is 4. The van der Waals surface area contributed by atoms with Gasteiger partial charge in [0.15, 0.2) is 62.7 Å². The standard InChI is InChI=1S/C74H45F48N13O3Si2/c1-55(2,3)139(7,8)136-17-23-22(138-140(9,10)56(4,5)6)16-25(137-23)135-24(126-44-45(123)124-18-125-54(44)135)14-12-19-11-13-20-21(15-19)47-127-46(20)128-48-26-28(40(77)34(59(83,67(99,100)101)68(102,103)104)32(38(26)75)57(81,63(87,88)89)64(90,91)92)50(130-48)132-52-30-31(43(80)37(62(86,73(117,118)119)74(120,121)122)36(42(30)79)61(85,71(111,112)113)72(114,115)116)53(134-52)133-51-29-27(49(129-47)131-51)39(76)33(58(82,65(93,94)95)66(96,97)98)35(41(29)78)60(84,69(105,106)107)70(108,109)110/h11,13,15,18,22-23,25H,16-17H2,1-10H3,(H2,123,124,125)(H2,127,128,129,130,131,132,133,134)/t22-,23+,25+/m0/s1. The molecule has 0 radical (unpaired) electrons. The molecule has 5 aromatic heterocycles. The van der Waals surface area contributed by atoms with Gasteiger partial charge in [0.05, 0.1) is 79.1 Å². The maximum absolute atomic E-state index is 18.2. The zero-order valence-corrected chi connectivity index (χ0v) is 71.4. The molecule has 3 aliphatic heterocycles. The van der Waals surface area contributed by atoms with Gasteiger partial charge >= 0.3 is 108 Å². The van der Waals surface area contributed by atoms with E-state index in [9.17, 15) is 0 Å². The monoisotopic (exact) mass is 2130 g/mol. The van der Waals surface area contributed by atoms with Gasteiger partial charge in [-0.15, -0.1) is 0 Å². The van der Waals surface area contributed by atoms with Crippen LogP contribution in [0.1, 0.15) is 99.0 Å². The molecule has 16 nitrogen and oxygen atoms in total. The fraction of sp³-hybridized carbons (Fsp3) is 0.473. The van der Waals surface area contributed by atoms with Crippen LogP contribution in [0.15, 0.2) is 24.5 Å². The van der Waals surface area contributed by atoms with E-state index >= 15 is 211 Å². The summed E-state index contributed by atoms with van der Waals surface area (Å²) >= 11 is 0. The van der Waals surface area contributed by atoms with E-state index in [4.69, 9.17) is 19.3 Å². The fourth-order valence-electron chi connectivity index (χ4n) is 14.6. The number of nitrogens with zero attached hydrogens (tertiary/aromatic N) is 10. The number of rotatable bonds is 12. The molecule has 0 amide bonds. The van der Waals surface area contributed by atoms with Crippen molar-refractivity contribution in [3.05, 3.63) is 104 Å². The van der Waals surface area contributed by atoms with E-state index < -0.39 is 334 Å². The molecule has 140 heavy (non-hydrogen) atoms. The van der Waals surface area contributed by atoms with Gasteiger partial charge in [-0.2, -0.15) is 158 Å². The normalized spacial score (nSPS) is 17.0. The van der Waals surface area contributed by atoms with Gasteiger partial charge in [0, 0.05) is 22.8 Å². The Balaban J connectivity index is 1.39. The van der Waals surface area contributed by atoms with Crippen LogP contribution in [0.4, 0.5) is 217 Å². The number of alkyl halides is 42. The Hall–Kier alpha value is -10.9. The molecule has 4 aromatic carbocycles. The Kier molecular flexibility index (Phi) is 24.7. The molecule has 12 rings (SSSR count). The fourth-order valence-corrected chi connectivity index (χ4v) is 17.0. The van der Waals surface area contributed by atoms with Gasteiger partial charge in [0.1, 0.15) is 76.2 Å². The molecule has 768 valence electrons. The predicted molar refractivity (Wildman–Crippen MR) is 385 cm³/mol. The zero-order valence-electron chi connectivity index (χ0n) is 69.4. The van der Waals surface area contributed by atoms with Crippen LogP contribution in [0.25, 0.3) is 101 Å². The number of anilines is 1.